The van der Waals surface area contributed by atoms with Crippen molar-refractivity contribution >= 4 is 23.2 Å². The molecule has 0 aromatic heterocycles. The SMILES string of the molecule is CCC(C)(CCl)CCC(F)(F)Cl. The molecule has 74 valence electrons. The molecule has 0 fully saturated rings. The molecule has 0 radical (unpaired) electrons. The van der Waals surface area contributed by atoms with E-state index in [9.17, 15) is 8.78 Å². The van der Waals surface area contributed by atoms with Gasteiger partial charge >= 0.3 is 5.38 Å². The fourth-order valence-electron chi connectivity index (χ4n) is 0.782. The number of hydrogen-bond acceptors (Lipinski definition) is 0. The van der Waals surface area contributed by atoms with Crippen LogP contribution in [0.4, 0.5) is 8.78 Å². The Hall–Kier alpha value is 0.440. The van der Waals surface area contributed by atoms with Gasteiger partial charge in [0.25, 0.3) is 0 Å². The Morgan fingerprint density at radius 2 is 1.75 bits per heavy atom. The first-order chi connectivity index (χ1) is 5.33. The van der Waals surface area contributed by atoms with Crippen LogP contribution >= 0.6 is 23.2 Å². The van der Waals surface area contributed by atoms with Crippen molar-refractivity contribution in [3.63, 3.8) is 0 Å². The largest absolute Gasteiger partial charge is 0.321 e. The van der Waals surface area contributed by atoms with E-state index < -0.39 is 5.38 Å². The van der Waals surface area contributed by atoms with Crippen molar-refractivity contribution in [2.75, 3.05) is 5.88 Å². The second-order valence-corrected chi connectivity index (χ2v) is 4.23. The van der Waals surface area contributed by atoms with E-state index in [4.69, 9.17) is 23.2 Å². The van der Waals surface area contributed by atoms with Crippen molar-refractivity contribution in [2.45, 2.75) is 38.5 Å². The lowest BCUT2D eigenvalue weighted by molar-refractivity contribution is 0.0694. The van der Waals surface area contributed by atoms with Crippen LogP contribution in [0.1, 0.15) is 33.1 Å². The van der Waals surface area contributed by atoms with Gasteiger partial charge in [-0.2, -0.15) is 8.78 Å². The molecule has 0 N–H and O–H groups in total. The zero-order valence-electron chi connectivity index (χ0n) is 7.34. The van der Waals surface area contributed by atoms with Crippen LogP contribution in [0.2, 0.25) is 0 Å². The molecule has 0 saturated heterocycles. The Morgan fingerprint density at radius 1 is 1.25 bits per heavy atom. The third-order valence-electron chi connectivity index (χ3n) is 2.19. The van der Waals surface area contributed by atoms with Crippen molar-refractivity contribution in [3.05, 3.63) is 0 Å². The molecule has 0 saturated carbocycles. The summed E-state index contributed by atoms with van der Waals surface area (Å²) in [6.07, 6.45) is 0.860. The lowest BCUT2D eigenvalue weighted by Crippen LogP contribution is -2.20. The molecule has 0 aromatic rings. The molecule has 0 spiro atoms. The van der Waals surface area contributed by atoms with Gasteiger partial charge in [0.05, 0.1) is 0 Å². The molecule has 0 aromatic carbocycles. The van der Waals surface area contributed by atoms with E-state index >= 15 is 0 Å². The normalized spacial score (nSPS) is 17.5. The molecular formula is C8H14Cl2F2. The zero-order chi connectivity index (χ0) is 9.83. The van der Waals surface area contributed by atoms with Crippen LogP contribution in [0.3, 0.4) is 0 Å². The molecule has 4 heteroatoms. The predicted octanol–water partition coefficient (Wildman–Crippen LogP) is 4.25. The van der Waals surface area contributed by atoms with Gasteiger partial charge in [-0.05, 0) is 29.9 Å². The van der Waals surface area contributed by atoms with Gasteiger partial charge in [-0.1, -0.05) is 13.8 Å². The summed E-state index contributed by atoms with van der Waals surface area (Å²) in [5.74, 6) is 0.399. The standard InChI is InChI=1S/C8H14Cl2F2/c1-3-7(2,6-9)4-5-8(10,11)12/h3-6H2,1-2H3. The first kappa shape index (κ1) is 12.4. The van der Waals surface area contributed by atoms with E-state index in [2.05, 4.69) is 0 Å². The van der Waals surface area contributed by atoms with Crippen LogP contribution < -0.4 is 0 Å². The van der Waals surface area contributed by atoms with E-state index in [1.165, 1.54) is 0 Å². The maximum absolute atomic E-state index is 12.2. The molecule has 0 nitrogen and oxygen atoms in total. The van der Waals surface area contributed by atoms with Crippen molar-refractivity contribution in [1.29, 1.82) is 0 Å². The van der Waals surface area contributed by atoms with Gasteiger partial charge in [0.1, 0.15) is 0 Å². The molecule has 0 heterocycles. The molecule has 0 aliphatic heterocycles. The van der Waals surface area contributed by atoms with Crippen molar-refractivity contribution in [2.24, 2.45) is 5.41 Å². The Bertz CT molecular complexity index is 128. The Labute approximate surface area is 82.2 Å². The van der Waals surface area contributed by atoms with Gasteiger partial charge in [0, 0.05) is 12.3 Å². The summed E-state index contributed by atoms with van der Waals surface area (Å²) in [6.45, 7) is 3.83. The van der Waals surface area contributed by atoms with Crippen molar-refractivity contribution in [1.82, 2.24) is 0 Å². The Morgan fingerprint density at radius 3 is 2.00 bits per heavy atom. The smallest absolute Gasteiger partial charge is 0.188 e. The van der Waals surface area contributed by atoms with E-state index in [-0.39, 0.29) is 11.8 Å². The maximum atomic E-state index is 12.2. The highest BCUT2D eigenvalue weighted by Crippen LogP contribution is 2.35. The summed E-state index contributed by atoms with van der Waals surface area (Å²) in [4.78, 5) is 0. The van der Waals surface area contributed by atoms with Crippen molar-refractivity contribution < 1.29 is 8.78 Å². The second kappa shape index (κ2) is 4.61. The number of rotatable bonds is 5. The zero-order valence-corrected chi connectivity index (χ0v) is 8.85. The average Bonchev–Trinajstić information content (AvgIpc) is 1.99. The molecule has 0 aliphatic carbocycles. The molecular weight excluding hydrogens is 205 g/mol. The first-order valence-corrected chi connectivity index (χ1v) is 4.87. The van der Waals surface area contributed by atoms with Gasteiger partial charge in [-0.25, -0.2) is 0 Å². The number of hydrogen-bond donors (Lipinski definition) is 0. The summed E-state index contributed by atoms with van der Waals surface area (Å²) in [5, 5.41) is -3.08. The Balaban J connectivity index is 3.89. The van der Waals surface area contributed by atoms with Gasteiger partial charge in [0.2, 0.25) is 0 Å². The minimum absolute atomic E-state index is 0.208. The maximum Gasteiger partial charge on any atom is 0.321 e. The highest BCUT2D eigenvalue weighted by Gasteiger charge is 2.30. The third-order valence-corrected chi connectivity index (χ3v) is 3.02. The molecule has 0 amide bonds. The van der Waals surface area contributed by atoms with E-state index in [1.807, 2.05) is 13.8 Å². The van der Waals surface area contributed by atoms with Gasteiger partial charge in [-0.3, -0.25) is 0 Å². The van der Waals surface area contributed by atoms with Crippen LogP contribution in [0.5, 0.6) is 0 Å². The van der Waals surface area contributed by atoms with Crippen LogP contribution in [-0.2, 0) is 0 Å². The molecule has 0 bridgehead atoms. The summed E-state index contributed by atoms with van der Waals surface area (Å²) in [5.41, 5.74) is -0.208. The highest BCUT2D eigenvalue weighted by molar-refractivity contribution is 6.21. The van der Waals surface area contributed by atoms with Crippen LogP contribution in [0.25, 0.3) is 0 Å². The fraction of sp³-hybridized carbons (Fsp3) is 1.00. The van der Waals surface area contributed by atoms with Gasteiger partial charge in [0.15, 0.2) is 0 Å². The lowest BCUT2D eigenvalue weighted by Gasteiger charge is -2.26. The van der Waals surface area contributed by atoms with E-state index in [1.54, 1.807) is 0 Å². The molecule has 0 rings (SSSR count). The average molecular weight is 219 g/mol. The third kappa shape index (κ3) is 5.15. The molecule has 1 unspecified atom stereocenters. The van der Waals surface area contributed by atoms with E-state index in [0.29, 0.717) is 12.3 Å². The Kier molecular flexibility index (Phi) is 4.78. The summed E-state index contributed by atoms with van der Waals surface area (Å²) < 4.78 is 24.5. The van der Waals surface area contributed by atoms with Crippen LogP contribution in [0.15, 0.2) is 0 Å². The monoisotopic (exact) mass is 218 g/mol. The number of alkyl halides is 4. The van der Waals surface area contributed by atoms with Crippen LogP contribution in [0, 0.1) is 5.41 Å². The minimum atomic E-state index is -3.08. The van der Waals surface area contributed by atoms with E-state index in [0.717, 1.165) is 6.42 Å². The number of halogens is 4. The minimum Gasteiger partial charge on any atom is -0.188 e. The quantitative estimate of drug-likeness (QED) is 0.606. The lowest BCUT2D eigenvalue weighted by atomic mass is 9.85. The molecule has 12 heavy (non-hydrogen) atoms. The summed E-state index contributed by atoms with van der Waals surface area (Å²) in [6, 6.07) is 0. The topological polar surface area (TPSA) is 0 Å². The fourth-order valence-corrected chi connectivity index (χ4v) is 1.20. The summed E-state index contributed by atoms with van der Waals surface area (Å²) in [7, 11) is 0. The highest BCUT2D eigenvalue weighted by atomic mass is 35.5. The first-order valence-electron chi connectivity index (χ1n) is 3.96. The van der Waals surface area contributed by atoms with Gasteiger partial charge < -0.3 is 0 Å². The molecule has 1 atom stereocenters. The predicted molar refractivity (Wildman–Crippen MR) is 49.2 cm³/mol. The van der Waals surface area contributed by atoms with Crippen LogP contribution in [-0.4, -0.2) is 11.3 Å². The van der Waals surface area contributed by atoms with Gasteiger partial charge in [-0.15, -0.1) is 11.6 Å². The van der Waals surface area contributed by atoms with Crippen molar-refractivity contribution in [3.8, 4) is 0 Å². The molecule has 0 aliphatic rings. The second-order valence-electron chi connectivity index (χ2n) is 3.41. The summed E-state index contributed by atoms with van der Waals surface area (Å²) >= 11 is 10.4.